The molecule has 334 valence electrons. The zero-order valence-corrected chi connectivity index (χ0v) is 36.2. The van der Waals surface area contributed by atoms with Gasteiger partial charge in [-0.2, -0.15) is 0 Å². The highest BCUT2D eigenvalue weighted by molar-refractivity contribution is 7.47. The normalized spacial score (nSPS) is 16.2. The average Bonchev–Trinajstić information content (AvgIpc) is 3.19. The Morgan fingerprint density at radius 2 is 0.741 bits per heavy atom. The van der Waals surface area contributed by atoms with E-state index in [-0.39, 0.29) is 12.8 Å². The van der Waals surface area contributed by atoms with E-state index in [0.717, 1.165) is 77.0 Å². The zero-order valence-electron chi connectivity index (χ0n) is 34.4. The van der Waals surface area contributed by atoms with E-state index >= 15 is 0 Å². The highest BCUT2D eigenvalue weighted by Gasteiger charge is 2.28. The van der Waals surface area contributed by atoms with E-state index in [4.69, 9.17) is 9.47 Å². The number of carbonyl (C=O) groups excluding carboxylic acids is 2. The molecule has 0 amide bonds. The number of unbranched alkanes of at least 4 members (excludes halogenated alkanes) is 10. The fourth-order valence-corrected chi connectivity index (χ4v) is 6.21. The zero-order chi connectivity index (χ0) is 43.2. The molecule has 5 N–H and O–H groups in total. The first-order valence-corrected chi connectivity index (χ1v) is 23.3. The predicted molar refractivity (Wildman–Crippen MR) is 223 cm³/mol. The van der Waals surface area contributed by atoms with E-state index in [1.165, 1.54) is 0 Å². The minimum atomic E-state index is -4.79. The Bertz CT molecular complexity index is 1230. The van der Waals surface area contributed by atoms with E-state index in [9.17, 15) is 43.8 Å². The lowest BCUT2D eigenvalue weighted by Gasteiger charge is -2.19. The molecule has 0 aliphatic rings. The van der Waals surface area contributed by atoms with Gasteiger partial charge in [0.05, 0.1) is 26.4 Å². The number of hydrogen-bond acceptors (Lipinski definition) is 13. The third kappa shape index (κ3) is 39.0. The van der Waals surface area contributed by atoms with Crippen LogP contribution in [0.4, 0.5) is 0 Å². The number of carbonyl (C=O) groups is 2. The molecule has 0 aromatic carbocycles. The van der Waals surface area contributed by atoms with Crippen LogP contribution in [0.15, 0.2) is 72.9 Å². The Morgan fingerprint density at radius 3 is 1.09 bits per heavy atom. The van der Waals surface area contributed by atoms with Crippen LogP contribution in [0.2, 0.25) is 0 Å². The van der Waals surface area contributed by atoms with Crippen LogP contribution in [-0.2, 0) is 46.3 Å². The minimum Gasteiger partial charge on any atom is -0.463 e. The smallest absolute Gasteiger partial charge is 0.463 e. The Kier molecular flexibility index (Phi) is 35.8. The molecule has 4 unspecified atom stereocenters. The van der Waals surface area contributed by atoms with E-state index in [2.05, 4.69) is 56.2 Å². The maximum Gasteiger partial charge on any atom is 0.472 e. The Labute approximate surface area is 345 Å². The van der Waals surface area contributed by atoms with Crippen molar-refractivity contribution >= 4 is 27.6 Å². The molecule has 0 aliphatic heterocycles. The second-order valence-corrected chi connectivity index (χ2v) is 16.3. The first kappa shape index (κ1) is 55.5. The van der Waals surface area contributed by atoms with Crippen LogP contribution in [0.1, 0.15) is 117 Å². The Hall–Kier alpha value is -2.52. The number of allylic oxidation sites excluding steroid dienone is 12. The molecule has 0 saturated carbocycles. The summed E-state index contributed by atoms with van der Waals surface area (Å²) in [5, 5.41) is 29.9. The van der Waals surface area contributed by atoms with Crippen molar-refractivity contribution in [3.8, 4) is 0 Å². The molecule has 0 spiro atoms. The summed E-state index contributed by atoms with van der Waals surface area (Å²) in [6.45, 7) is 0.0496. The van der Waals surface area contributed by atoms with Crippen LogP contribution in [0, 0.1) is 0 Å². The number of hydrogen-bond donors (Lipinski definition) is 5. The molecule has 17 heteroatoms. The lowest BCUT2D eigenvalue weighted by Crippen LogP contribution is -2.25. The molecule has 0 bridgehead atoms. The number of aliphatic hydroxyl groups is 3. The van der Waals surface area contributed by atoms with E-state index in [0.29, 0.717) is 12.8 Å². The van der Waals surface area contributed by atoms with Crippen LogP contribution in [-0.4, -0.2) is 95.0 Å². The monoisotopic (exact) mass is 864 g/mol. The third-order valence-electron chi connectivity index (χ3n) is 7.78. The average molecular weight is 865 g/mol. The van der Waals surface area contributed by atoms with Crippen LogP contribution in [0.25, 0.3) is 0 Å². The SMILES string of the molecule is CC/C=C/C=C/C=C\CCCCCCCC(=O)OCC(O)COP(=O)(O)OCC(O)COP(=O)(O)OCC(O)COC(=O)CCCCCCC\C=C/C=C/C=C/CC. The Balaban J connectivity index is 4.00. The van der Waals surface area contributed by atoms with Gasteiger partial charge >= 0.3 is 27.6 Å². The molecular formula is C41H70O15P2. The van der Waals surface area contributed by atoms with Gasteiger partial charge in [-0.3, -0.25) is 27.7 Å². The topological polar surface area (TPSA) is 225 Å². The lowest BCUT2D eigenvalue weighted by molar-refractivity contribution is -0.148. The maximum absolute atomic E-state index is 12.1. The summed E-state index contributed by atoms with van der Waals surface area (Å²) in [4.78, 5) is 43.5. The second kappa shape index (κ2) is 37.5. The van der Waals surface area contributed by atoms with Gasteiger partial charge in [-0.25, -0.2) is 9.13 Å². The van der Waals surface area contributed by atoms with Crippen LogP contribution >= 0.6 is 15.6 Å². The van der Waals surface area contributed by atoms with Crippen molar-refractivity contribution in [1.29, 1.82) is 0 Å². The van der Waals surface area contributed by atoms with Crippen LogP contribution < -0.4 is 0 Å². The maximum atomic E-state index is 12.1. The number of esters is 2. The Morgan fingerprint density at radius 1 is 0.448 bits per heavy atom. The van der Waals surface area contributed by atoms with Crippen molar-refractivity contribution in [2.45, 2.75) is 135 Å². The second-order valence-electron chi connectivity index (χ2n) is 13.4. The molecule has 0 saturated heterocycles. The molecule has 0 aromatic heterocycles. The highest BCUT2D eigenvalue weighted by Crippen LogP contribution is 2.45. The fraction of sp³-hybridized carbons (Fsp3) is 0.659. The number of aliphatic hydroxyl groups excluding tert-OH is 3. The van der Waals surface area contributed by atoms with Gasteiger partial charge < -0.3 is 34.6 Å². The number of phosphoric acid groups is 2. The standard InChI is InChI=1S/C41H70O15P2/c1-3-5-7-9-11-13-15-17-19-21-23-25-27-29-40(45)51-31-37(42)33-53-57(47,48)55-35-39(44)36-56-58(49,50)54-34-38(43)32-52-41(46)30-28-26-24-22-20-18-16-14-12-10-8-6-4-2/h5-16,37-39,42-44H,3-4,17-36H2,1-2H3,(H,47,48)(H,49,50)/b7-5+,8-6+,11-9+,12-10+,15-13-,16-14-. The quantitative estimate of drug-likeness (QED) is 0.0171. The molecule has 0 radical (unpaired) electrons. The third-order valence-corrected chi connectivity index (χ3v) is 9.68. The summed E-state index contributed by atoms with van der Waals surface area (Å²) in [5.41, 5.74) is 0. The number of rotatable bonds is 38. The first-order chi connectivity index (χ1) is 27.8. The van der Waals surface area contributed by atoms with Crippen molar-refractivity contribution in [1.82, 2.24) is 0 Å². The van der Waals surface area contributed by atoms with E-state index < -0.39 is 85.5 Å². The molecule has 0 aromatic rings. The number of phosphoric ester groups is 2. The predicted octanol–water partition coefficient (Wildman–Crippen LogP) is 8.04. The lowest BCUT2D eigenvalue weighted by atomic mass is 10.1. The van der Waals surface area contributed by atoms with Crippen LogP contribution in [0.3, 0.4) is 0 Å². The summed E-state index contributed by atoms with van der Waals surface area (Å²) in [7, 11) is -9.58. The summed E-state index contributed by atoms with van der Waals surface area (Å²) in [6.07, 6.45) is 33.4. The molecule has 0 heterocycles. The molecule has 15 nitrogen and oxygen atoms in total. The van der Waals surface area contributed by atoms with Gasteiger partial charge in [0.15, 0.2) is 0 Å². The van der Waals surface area contributed by atoms with Crippen LogP contribution in [0.5, 0.6) is 0 Å². The van der Waals surface area contributed by atoms with Gasteiger partial charge in [-0.15, -0.1) is 0 Å². The fourth-order valence-electron chi connectivity index (χ4n) is 4.62. The molecule has 0 fully saturated rings. The van der Waals surface area contributed by atoms with Gasteiger partial charge in [0.25, 0.3) is 0 Å². The molecule has 0 aliphatic carbocycles. The summed E-state index contributed by atoms with van der Waals surface area (Å²) < 4.78 is 52.7. The van der Waals surface area contributed by atoms with Crippen molar-refractivity contribution in [3.05, 3.63) is 72.9 Å². The minimum absolute atomic E-state index is 0.170. The molecule has 0 rings (SSSR count). The summed E-state index contributed by atoms with van der Waals surface area (Å²) in [5.74, 6) is -1.04. The number of ether oxygens (including phenoxy) is 2. The summed E-state index contributed by atoms with van der Waals surface area (Å²) >= 11 is 0. The van der Waals surface area contributed by atoms with Gasteiger partial charge in [-0.1, -0.05) is 125 Å². The molecule has 4 atom stereocenters. The first-order valence-electron chi connectivity index (χ1n) is 20.4. The highest BCUT2D eigenvalue weighted by atomic mass is 31.2. The van der Waals surface area contributed by atoms with Gasteiger partial charge in [-0.05, 0) is 51.4 Å². The van der Waals surface area contributed by atoms with Crippen molar-refractivity contribution < 1.29 is 71.4 Å². The largest absolute Gasteiger partial charge is 0.472 e. The van der Waals surface area contributed by atoms with E-state index in [1.807, 2.05) is 48.6 Å². The van der Waals surface area contributed by atoms with Crippen molar-refractivity contribution in [2.75, 3.05) is 39.6 Å². The van der Waals surface area contributed by atoms with E-state index in [1.54, 1.807) is 0 Å². The molecule has 58 heavy (non-hydrogen) atoms. The van der Waals surface area contributed by atoms with Gasteiger partial charge in [0.2, 0.25) is 0 Å². The van der Waals surface area contributed by atoms with Crippen molar-refractivity contribution in [3.63, 3.8) is 0 Å². The molecular weight excluding hydrogens is 794 g/mol. The van der Waals surface area contributed by atoms with Crippen molar-refractivity contribution in [2.24, 2.45) is 0 Å². The van der Waals surface area contributed by atoms with Gasteiger partial charge in [0.1, 0.15) is 31.5 Å². The van der Waals surface area contributed by atoms with Gasteiger partial charge in [0, 0.05) is 12.8 Å². The summed E-state index contributed by atoms with van der Waals surface area (Å²) in [6, 6.07) is 0.